The van der Waals surface area contributed by atoms with E-state index in [2.05, 4.69) is 5.32 Å². The summed E-state index contributed by atoms with van der Waals surface area (Å²) in [6.07, 6.45) is 2.07. The molecule has 2 aliphatic heterocycles. The summed E-state index contributed by atoms with van der Waals surface area (Å²) in [5.41, 5.74) is 4.44. The highest BCUT2D eigenvalue weighted by Crippen LogP contribution is 2.35. The van der Waals surface area contributed by atoms with E-state index in [9.17, 15) is 14.4 Å². The third kappa shape index (κ3) is 3.55. The van der Waals surface area contributed by atoms with E-state index in [1.165, 1.54) is 11.0 Å². The van der Waals surface area contributed by atoms with E-state index in [-0.39, 0.29) is 29.3 Å². The van der Waals surface area contributed by atoms with Gasteiger partial charge in [0, 0.05) is 17.5 Å². The van der Waals surface area contributed by atoms with Crippen molar-refractivity contribution in [3.8, 4) is 5.75 Å². The van der Waals surface area contributed by atoms with Crippen molar-refractivity contribution >= 4 is 23.4 Å². The zero-order chi connectivity index (χ0) is 23.8. The Labute approximate surface area is 198 Å². The Morgan fingerprint density at radius 3 is 2.38 bits per heavy atom. The minimum Gasteiger partial charge on any atom is -0.493 e. The van der Waals surface area contributed by atoms with Crippen LogP contribution in [-0.4, -0.2) is 24.3 Å². The first-order valence-corrected chi connectivity index (χ1v) is 11.7. The number of carbonyl (C=O) groups excluding carboxylic acids is 3. The fraction of sp³-hybridized carbons (Fsp3) is 0.250. The van der Waals surface area contributed by atoms with E-state index < -0.39 is 0 Å². The van der Waals surface area contributed by atoms with E-state index in [1.54, 1.807) is 12.1 Å². The minimum absolute atomic E-state index is 0.178. The molecule has 0 spiro atoms. The molecule has 5 rings (SSSR count). The number of anilines is 1. The summed E-state index contributed by atoms with van der Waals surface area (Å²) in [5, 5.41) is 3.06. The first kappa shape index (κ1) is 21.9. The predicted molar refractivity (Wildman–Crippen MR) is 130 cm³/mol. The number of hydrogen-bond donors (Lipinski definition) is 1. The van der Waals surface area contributed by atoms with E-state index in [0.717, 1.165) is 22.4 Å². The van der Waals surface area contributed by atoms with Gasteiger partial charge in [0.15, 0.2) is 0 Å². The van der Waals surface area contributed by atoms with Gasteiger partial charge in [-0.05, 0) is 48.2 Å². The highest BCUT2D eigenvalue weighted by molar-refractivity contribution is 6.35. The average molecular weight is 455 g/mol. The molecular formula is C28H26N2O4. The lowest BCUT2D eigenvalue weighted by atomic mass is 9.99. The van der Waals surface area contributed by atoms with Gasteiger partial charge in [0.25, 0.3) is 17.7 Å². The van der Waals surface area contributed by atoms with Crippen molar-refractivity contribution in [1.82, 2.24) is 5.32 Å². The maximum Gasteiger partial charge on any atom is 0.266 e. The van der Waals surface area contributed by atoms with Gasteiger partial charge in [-0.2, -0.15) is 0 Å². The van der Waals surface area contributed by atoms with Crippen LogP contribution in [0.4, 0.5) is 5.69 Å². The molecule has 2 heterocycles. The fourth-order valence-electron chi connectivity index (χ4n) is 4.82. The van der Waals surface area contributed by atoms with Crippen molar-refractivity contribution < 1.29 is 19.1 Å². The fourth-order valence-corrected chi connectivity index (χ4v) is 4.82. The Bertz CT molecular complexity index is 1290. The van der Waals surface area contributed by atoms with Gasteiger partial charge in [-0.3, -0.25) is 14.4 Å². The number of hydrogen-bond acceptors (Lipinski definition) is 4. The van der Waals surface area contributed by atoms with Gasteiger partial charge in [0.05, 0.1) is 29.5 Å². The second kappa shape index (κ2) is 8.78. The largest absolute Gasteiger partial charge is 0.493 e. The zero-order valence-corrected chi connectivity index (χ0v) is 19.3. The Morgan fingerprint density at radius 1 is 0.941 bits per heavy atom. The molecule has 0 saturated heterocycles. The second-order valence-electron chi connectivity index (χ2n) is 8.54. The van der Waals surface area contributed by atoms with E-state index in [0.29, 0.717) is 42.7 Å². The molecular weight excluding hydrogens is 428 g/mol. The third-order valence-corrected chi connectivity index (χ3v) is 6.60. The van der Waals surface area contributed by atoms with Crippen LogP contribution in [0.2, 0.25) is 0 Å². The lowest BCUT2D eigenvalue weighted by Gasteiger charge is -2.26. The van der Waals surface area contributed by atoms with Crippen LogP contribution in [0.1, 0.15) is 74.1 Å². The van der Waals surface area contributed by atoms with Gasteiger partial charge >= 0.3 is 0 Å². The Morgan fingerprint density at radius 2 is 1.65 bits per heavy atom. The monoisotopic (exact) mass is 454 g/mol. The molecule has 0 saturated carbocycles. The van der Waals surface area contributed by atoms with Crippen LogP contribution in [-0.2, 0) is 12.8 Å². The third-order valence-electron chi connectivity index (χ3n) is 6.60. The van der Waals surface area contributed by atoms with Crippen molar-refractivity contribution in [2.45, 2.75) is 39.2 Å². The Hall–Kier alpha value is -3.93. The number of aryl methyl sites for hydroxylation is 2. The molecule has 34 heavy (non-hydrogen) atoms. The lowest BCUT2D eigenvalue weighted by Crippen LogP contribution is -2.32. The van der Waals surface area contributed by atoms with Gasteiger partial charge in [-0.25, -0.2) is 4.90 Å². The molecule has 2 aliphatic rings. The van der Waals surface area contributed by atoms with Crippen LogP contribution >= 0.6 is 0 Å². The standard InChI is InChI=1S/C28H26N2O4/c1-3-17-8-7-9-18(4-2)25(17)30-27(32)20-13-12-19(16-22(20)28(30)33)26(31)29-23-14-15-34-24-11-6-5-10-21(23)24/h5-13,16,23H,3-4,14-15H2,1-2H3,(H,29,31). The number of amides is 3. The number of rotatable bonds is 5. The van der Waals surface area contributed by atoms with Crippen molar-refractivity contribution in [3.63, 3.8) is 0 Å². The molecule has 1 atom stereocenters. The van der Waals surface area contributed by atoms with Crippen LogP contribution in [0.5, 0.6) is 5.75 Å². The summed E-state index contributed by atoms with van der Waals surface area (Å²) in [4.78, 5) is 41.1. The van der Waals surface area contributed by atoms with Crippen LogP contribution in [0.3, 0.4) is 0 Å². The van der Waals surface area contributed by atoms with Gasteiger partial charge in [-0.1, -0.05) is 50.2 Å². The summed E-state index contributed by atoms with van der Waals surface area (Å²) in [6.45, 7) is 4.53. The minimum atomic E-state index is -0.387. The lowest BCUT2D eigenvalue weighted by molar-refractivity contribution is 0.0916. The molecule has 0 aromatic heterocycles. The highest BCUT2D eigenvalue weighted by Gasteiger charge is 2.39. The molecule has 3 aromatic rings. The average Bonchev–Trinajstić information content (AvgIpc) is 3.12. The molecule has 0 bridgehead atoms. The van der Waals surface area contributed by atoms with Crippen LogP contribution in [0.15, 0.2) is 60.7 Å². The molecule has 0 fully saturated rings. The molecule has 1 unspecified atom stereocenters. The zero-order valence-electron chi connectivity index (χ0n) is 19.3. The quantitative estimate of drug-likeness (QED) is 0.559. The van der Waals surface area contributed by atoms with E-state index >= 15 is 0 Å². The normalized spacial score (nSPS) is 16.6. The maximum absolute atomic E-state index is 13.4. The van der Waals surface area contributed by atoms with E-state index in [4.69, 9.17) is 4.74 Å². The van der Waals surface area contributed by atoms with Crippen molar-refractivity contribution in [3.05, 3.63) is 94.0 Å². The summed E-state index contributed by atoms with van der Waals surface area (Å²) in [6, 6.07) is 18.1. The number of nitrogens with one attached hydrogen (secondary N) is 1. The summed E-state index contributed by atoms with van der Waals surface area (Å²) < 4.78 is 5.68. The summed E-state index contributed by atoms with van der Waals surface area (Å²) in [5.74, 6) is -0.250. The van der Waals surface area contributed by atoms with Crippen LogP contribution in [0.25, 0.3) is 0 Å². The number of carbonyl (C=O) groups is 3. The number of nitrogens with zero attached hydrogens (tertiary/aromatic N) is 1. The first-order chi connectivity index (χ1) is 16.5. The number of para-hydroxylation sites is 2. The predicted octanol–water partition coefficient (Wildman–Crippen LogP) is 4.87. The van der Waals surface area contributed by atoms with Crippen LogP contribution < -0.4 is 15.0 Å². The molecule has 0 radical (unpaired) electrons. The molecule has 6 heteroatoms. The molecule has 0 aliphatic carbocycles. The topological polar surface area (TPSA) is 75.7 Å². The van der Waals surface area contributed by atoms with E-state index in [1.807, 2.05) is 56.3 Å². The number of benzene rings is 3. The Kier molecular flexibility index (Phi) is 5.65. The molecule has 3 amide bonds. The maximum atomic E-state index is 13.4. The van der Waals surface area contributed by atoms with Crippen molar-refractivity contribution in [1.29, 1.82) is 0 Å². The van der Waals surface area contributed by atoms with Gasteiger partial charge in [-0.15, -0.1) is 0 Å². The molecule has 3 aromatic carbocycles. The molecule has 6 nitrogen and oxygen atoms in total. The van der Waals surface area contributed by atoms with Gasteiger partial charge in [0.1, 0.15) is 5.75 Å². The van der Waals surface area contributed by atoms with Crippen molar-refractivity contribution in [2.24, 2.45) is 0 Å². The van der Waals surface area contributed by atoms with Gasteiger partial charge < -0.3 is 10.1 Å². The summed E-state index contributed by atoms with van der Waals surface area (Å²) >= 11 is 0. The number of ether oxygens (including phenoxy) is 1. The molecule has 172 valence electrons. The summed E-state index contributed by atoms with van der Waals surface area (Å²) in [7, 11) is 0. The molecule has 1 N–H and O–H groups in total. The SMILES string of the molecule is CCc1cccc(CC)c1N1C(=O)c2ccc(C(=O)NC3CCOc4ccccc43)cc2C1=O. The number of imide groups is 1. The Balaban J connectivity index is 1.45. The first-order valence-electron chi connectivity index (χ1n) is 11.7. The van der Waals surface area contributed by atoms with Crippen molar-refractivity contribution in [2.75, 3.05) is 11.5 Å². The highest BCUT2D eigenvalue weighted by atomic mass is 16.5. The second-order valence-corrected chi connectivity index (χ2v) is 8.54. The number of fused-ring (bicyclic) bond motifs is 2. The van der Waals surface area contributed by atoms with Gasteiger partial charge in [0.2, 0.25) is 0 Å². The van der Waals surface area contributed by atoms with Crippen LogP contribution in [0, 0.1) is 0 Å². The smallest absolute Gasteiger partial charge is 0.266 e.